The van der Waals surface area contributed by atoms with Gasteiger partial charge in [0.05, 0.1) is 6.61 Å². The fraction of sp³-hybridized carbons (Fsp3) is 0.500. The van der Waals surface area contributed by atoms with Crippen LogP contribution in [0, 0.1) is 0 Å². The van der Waals surface area contributed by atoms with E-state index < -0.39 is 36.3 Å². The second-order valence-electron chi connectivity index (χ2n) is 2.31. The molecular weight excluding hydrogens is 182 g/mol. The molecular formula is C6H11NO6. The van der Waals surface area contributed by atoms with E-state index in [1.807, 2.05) is 0 Å². The largest absolute Gasteiger partial charge is 0.505 e. The third-order valence-electron chi connectivity index (χ3n) is 1.48. The molecule has 7 heteroatoms. The van der Waals surface area contributed by atoms with Crippen molar-refractivity contribution < 1.29 is 30.0 Å². The Bertz CT molecular complexity index is 237. The summed E-state index contributed by atoms with van der Waals surface area (Å²) < 4.78 is 4.32. The molecule has 0 fully saturated rings. The topological polar surface area (TPSA) is 142 Å². The lowest BCUT2D eigenvalue weighted by Crippen LogP contribution is -2.31. The van der Waals surface area contributed by atoms with E-state index in [4.69, 9.17) is 20.4 Å². The minimum absolute atomic E-state index is 0. The molecule has 1 aliphatic rings. The summed E-state index contributed by atoms with van der Waals surface area (Å²) in [5, 5.41) is 35.0. The molecule has 0 spiro atoms. The van der Waals surface area contributed by atoms with Gasteiger partial charge in [-0.2, -0.15) is 0 Å². The molecule has 0 aromatic carbocycles. The summed E-state index contributed by atoms with van der Waals surface area (Å²) in [7, 11) is 0. The van der Waals surface area contributed by atoms with E-state index in [0.717, 1.165) is 0 Å². The number of carbonyl (C=O) groups excluding carboxylic acids is 1. The molecule has 0 saturated carbocycles. The monoisotopic (exact) mass is 193 g/mol. The number of rotatable bonds is 2. The van der Waals surface area contributed by atoms with Gasteiger partial charge in [0.15, 0.2) is 11.9 Å². The van der Waals surface area contributed by atoms with E-state index in [9.17, 15) is 4.79 Å². The summed E-state index contributed by atoms with van der Waals surface area (Å²) >= 11 is 0. The summed E-state index contributed by atoms with van der Waals surface area (Å²) in [5.41, 5.74) is 0. The molecule has 1 aliphatic heterocycles. The van der Waals surface area contributed by atoms with Gasteiger partial charge in [-0.15, -0.1) is 0 Å². The molecule has 0 bridgehead atoms. The Kier molecular flexibility index (Phi) is 3.67. The second kappa shape index (κ2) is 4.08. The van der Waals surface area contributed by atoms with Crippen molar-refractivity contribution in [1.29, 1.82) is 0 Å². The highest BCUT2D eigenvalue weighted by Crippen LogP contribution is 2.20. The van der Waals surface area contributed by atoms with Crippen LogP contribution in [0.3, 0.4) is 0 Å². The lowest BCUT2D eigenvalue weighted by atomic mass is 10.2. The quantitative estimate of drug-likeness (QED) is 0.345. The first-order chi connectivity index (χ1) is 5.57. The van der Waals surface area contributed by atoms with Gasteiger partial charge in [-0.25, -0.2) is 4.79 Å². The van der Waals surface area contributed by atoms with Crippen LogP contribution in [0.4, 0.5) is 0 Å². The molecule has 0 saturated heterocycles. The smallest absolute Gasteiger partial charge is 0.377 e. The Morgan fingerprint density at radius 2 is 2.00 bits per heavy atom. The van der Waals surface area contributed by atoms with E-state index >= 15 is 0 Å². The fourth-order valence-corrected chi connectivity index (χ4v) is 0.823. The maximum Gasteiger partial charge on any atom is 0.377 e. The molecule has 13 heavy (non-hydrogen) atoms. The van der Waals surface area contributed by atoms with Gasteiger partial charge in [0.25, 0.3) is 0 Å². The Labute approximate surface area is 73.5 Å². The third-order valence-corrected chi connectivity index (χ3v) is 1.48. The van der Waals surface area contributed by atoms with Crippen LogP contribution in [0.15, 0.2) is 11.5 Å². The van der Waals surface area contributed by atoms with Crippen molar-refractivity contribution in [3.8, 4) is 0 Å². The molecule has 1 rings (SSSR count). The van der Waals surface area contributed by atoms with E-state index in [1.54, 1.807) is 0 Å². The van der Waals surface area contributed by atoms with Crippen LogP contribution in [0.25, 0.3) is 0 Å². The van der Waals surface area contributed by atoms with Crippen LogP contribution in [0.5, 0.6) is 0 Å². The average Bonchev–Trinajstić information content (AvgIpc) is 2.32. The molecule has 0 radical (unpaired) electrons. The first-order valence-electron chi connectivity index (χ1n) is 3.20. The number of hydrogen-bond donors (Lipinski definition) is 5. The van der Waals surface area contributed by atoms with E-state index in [1.165, 1.54) is 0 Å². The Hall–Kier alpha value is -1.31. The highest BCUT2D eigenvalue weighted by Gasteiger charge is 2.38. The van der Waals surface area contributed by atoms with Gasteiger partial charge >= 0.3 is 5.97 Å². The second-order valence-corrected chi connectivity index (χ2v) is 2.31. The molecule has 76 valence electrons. The van der Waals surface area contributed by atoms with Gasteiger partial charge in [0, 0.05) is 0 Å². The number of hydrogen-bond acceptors (Lipinski definition) is 7. The molecule has 2 atom stereocenters. The maximum absolute atomic E-state index is 10.5. The van der Waals surface area contributed by atoms with Crippen molar-refractivity contribution in [3.63, 3.8) is 0 Å². The summed E-state index contributed by atoms with van der Waals surface area (Å²) in [5.74, 6) is -2.78. The lowest BCUT2D eigenvalue weighted by Gasteiger charge is -2.13. The minimum Gasteiger partial charge on any atom is -0.505 e. The minimum atomic E-state index is -1.42. The predicted octanol–water partition coefficient (Wildman–Crippen LogP) is -1.25. The van der Waals surface area contributed by atoms with Crippen LogP contribution in [-0.4, -0.2) is 45.2 Å². The Morgan fingerprint density at radius 1 is 1.46 bits per heavy atom. The van der Waals surface area contributed by atoms with Crippen molar-refractivity contribution in [1.82, 2.24) is 6.15 Å². The Morgan fingerprint density at radius 3 is 2.31 bits per heavy atom. The SMILES string of the molecule is N.O=C1O[C@H]([C@H](O)CO)C(O)=C1O. The van der Waals surface area contributed by atoms with Crippen molar-refractivity contribution >= 4 is 5.97 Å². The molecule has 1 heterocycles. The summed E-state index contributed by atoms with van der Waals surface area (Å²) in [6.45, 7) is -0.671. The number of ether oxygens (including phenoxy) is 1. The lowest BCUT2D eigenvalue weighted by molar-refractivity contribution is -0.147. The van der Waals surface area contributed by atoms with Gasteiger partial charge in [-0.3, -0.25) is 0 Å². The zero-order valence-electron chi connectivity index (χ0n) is 6.67. The highest BCUT2D eigenvalue weighted by atomic mass is 16.6. The number of cyclic esters (lactones) is 1. The van der Waals surface area contributed by atoms with E-state index in [-0.39, 0.29) is 6.15 Å². The van der Waals surface area contributed by atoms with Crippen molar-refractivity contribution in [2.75, 3.05) is 6.61 Å². The normalized spacial score (nSPS) is 23.8. The first kappa shape index (κ1) is 11.7. The molecule has 7 N–H and O–H groups in total. The van der Waals surface area contributed by atoms with Gasteiger partial charge in [-0.05, 0) is 0 Å². The first-order valence-corrected chi connectivity index (χ1v) is 3.20. The number of aliphatic hydroxyl groups excluding tert-OH is 4. The van der Waals surface area contributed by atoms with Gasteiger partial charge < -0.3 is 31.3 Å². The van der Waals surface area contributed by atoms with Crippen LogP contribution in [-0.2, 0) is 9.53 Å². The zero-order chi connectivity index (χ0) is 9.30. The maximum atomic E-state index is 10.5. The van der Waals surface area contributed by atoms with Crippen LogP contribution >= 0.6 is 0 Å². The third kappa shape index (κ3) is 1.89. The highest BCUT2D eigenvalue weighted by molar-refractivity contribution is 5.89. The average molecular weight is 193 g/mol. The van der Waals surface area contributed by atoms with Gasteiger partial charge in [0.2, 0.25) is 5.76 Å². The summed E-state index contributed by atoms with van der Waals surface area (Å²) in [6, 6.07) is 0. The Balaban J connectivity index is 0.00000144. The van der Waals surface area contributed by atoms with Crippen molar-refractivity contribution in [3.05, 3.63) is 11.5 Å². The molecule has 0 aromatic rings. The van der Waals surface area contributed by atoms with Crippen molar-refractivity contribution in [2.45, 2.75) is 12.2 Å². The summed E-state index contributed by atoms with van der Waals surface area (Å²) in [4.78, 5) is 10.5. The van der Waals surface area contributed by atoms with E-state index in [2.05, 4.69) is 4.74 Å². The number of carbonyl (C=O) groups is 1. The van der Waals surface area contributed by atoms with Gasteiger partial charge in [-0.1, -0.05) is 0 Å². The molecule has 0 aromatic heterocycles. The van der Waals surface area contributed by atoms with Crippen molar-refractivity contribution in [2.24, 2.45) is 0 Å². The van der Waals surface area contributed by atoms with Crippen LogP contribution in [0.1, 0.15) is 0 Å². The zero-order valence-corrected chi connectivity index (χ0v) is 6.67. The van der Waals surface area contributed by atoms with Crippen LogP contribution in [0.2, 0.25) is 0 Å². The standard InChI is InChI=1S/C6H8O6.H3N/c7-1-2(8)5-3(9)4(10)6(11)12-5;/h2,5,7-10H,1H2;1H3/t2-,5-;/m1./s1. The number of aliphatic hydroxyl groups is 4. The molecule has 0 aliphatic carbocycles. The summed E-state index contributed by atoms with van der Waals surface area (Å²) in [6.07, 6.45) is -2.78. The van der Waals surface area contributed by atoms with Crippen LogP contribution < -0.4 is 6.15 Å². The number of esters is 1. The fourth-order valence-electron chi connectivity index (χ4n) is 0.823. The molecule has 7 nitrogen and oxygen atoms in total. The van der Waals surface area contributed by atoms with Gasteiger partial charge in [0.1, 0.15) is 6.10 Å². The molecule has 0 amide bonds. The molecule has 0 unspecified atom stereocenters. The van der Waals surface area contributed by atoms with E-state index in [0.29, 0.717) is 0 Å². The predicted molar refractivity (Wildman–Crippen MR) is 40.3 cm³/mol.